The molecule has 1 aliphatic rings. The standard InChI is InChI=1S/C13H27N3O/c1-10(2)5-6-15-13(17)12(4)16-8-7-14-9-11(16)3/h10-12,14H,5-9H2,1-4H3,(H,15,17)/t11-,12?/m0/s1. The molecule has 1 amide bonds. The molecule has 4 nitrogen and oxygen atoms in total. The van der Waals surface area contributed by atoms with Crippen molar-refractivity contribution >= 4 is 5.91 Å². The van der Waals surface area contributed by atoms with Gasteiger partial charge in [0.1, 0.15) is 0 Å². The number of nitrogens with zero attached hydrogens (tertiary/aromatic N) is 1. The summed E-state index contributed by atoms with van der Waals surface area (Å²) < 4.78 is 0. The molecule has 2 N–H and O–H groups in total. The number of hydrogen-bond donors (Lipinski definition) is 2. The van der Waals surface area contributed by atoms with Crippen LogP contribution in [0.15, 0.2) is 0 Å². The van der Waals surface area contributed by atoms with E-state index in [2.05, 4.69) is 36.3 Å². The summed E-state index contributed by atoms with van der Waals surface area (Å²) in [5.74, 6) is 0.808. The molecule has 1 heterocycles. The zero-order valence-corrected chi connectivity index (χ0v) is 11.6. The zero-order valence-electron chi connectivity index (χ0n) is 11.6. The highest BCUT2D eigenvalue weighted by atomic mass is 16.2. The van der Waals surface area contributed by atoms with Crippen LogP contribution < -0.4 is 10.6 Å². The first-order valence-corrected chi connectivity index (χ1v) is 6.76. The minimum Gasteiger partial charge on any atom is -0.355 e. The van der Waals surface area contributed by atoms with E-state index < -0.39 is 0 Å². The maximum Gasteiger partial charge on any atom is 0.237 e. The number of carbonyl (C=O) groups is 1. The van der Waals surface area contributed by atoms with E-state index in [1.807, 2.05) is 6.92 Å². The summed E-state index contributed by atoms with van der Waals surface area (Å²) in [6, 6.07) is 0.425. The van der Waals surface area contributed by atoms with Crippen LogP contribution in [0.25, 0.3) is 0 Å². The molecule has 4 heteroatoms. The van der Waals surface area contributed by atoms with E-state index in [1.165, 1.54) is 0 Å². The number of carbonyl (C=O) groups excluding carboxylic acids is 1. The van der Waals surface area contributed by atoms with Crippen molar-refractivity contribution in [3.05, 3.63) is 0 Å². The lowest BCUT2D eigenvalue weighted by Crippen LogP contribution is -2.57. The van der Waals surface area contributed by atoms with Gasteiger partial charge in [-0.3, -0.25) is 9.69 Å². The first kappa shape index (κ1) is 14.5. The van der Waals surface area contributed by atoms with Crippen molar-refractivity contribution in [2.75, 3.05) is 26.2 Å². The van der Waals surface area contributed by atoms with E-state index in [1.54, 1.807) is 0 Å². The van der Waals surface area contributed by atoms with Gasteiger partial charge in [-0.05, 0) is 26.2 Å². The van der Waals surface area contributed by atoms with E-state index >= 15 is 0 Å². The molecule has 0 aromatic rings. The summed E-state index contributed by atoms with van der Waals surface area (Å²) in [5.41, 5.74) is 0. The summed E-state index contributed by atoms with van der Waals surface area (Å²) in [6.45, 7) is 12.2. The normalized spacial score (nSPS) is 23.7. The Balaban J connectivity index is 2.34. The SMILES string of the molecule is CC(C)CCNC(=O)C(C)N1CCNC[C@@H]1C. The lowest BCUT2D eigenvalue weighted by Gasteiger charge is -2.37. The molecule has 1 unspecified atom stereocenters. The Bertz CT molecular complexity index is 243. The largest absolute Gasteiger partial charge is 0.355 e. The number of piperazine rings is 1. The first-order chi connectivity index (χ1) is 8.02. The van der Waals surface area contributed by atoms with Crippen LogP contribution in [0.4, 0.5) is 0 Å². The van der Waals surface area contributed by atoms with E-state index in [0.29, 0.717) is 12.0 Å². The predicted molar refractivity (Wildman–Crippen MR) is 71.0 cm³/mol. The molecule has 0 spiro atoms. The molecule has 100 valence electrons. The van der Waals surface area contributed by atoms with Crippen LogP contribution in [0, 0.1) is 5.92 Å². The van der Waals surface area contributed by atoms with Gasteiger partial charge in [-0.15, -0.1) is 0 Å². The van der Waals surface area contributed by atoms with Crippen LogP contribution >= 0.6 is 0 Å². The smallest absolute Gasteiger partial charge is 0.237 e. The third kappa shape index (κ3) is 4.64. The van der Waals surface area contributed by atoms with E-state index in [-0.39, 0.29) is 11.9 Å². The van der Waals surface area contributed by atoms with Gasteiger partial charge < -0.3 is 10.6 Å². The molecular formula is C13H27N3O. The van der Waals surface area contributed by atoms with Crippen molar-refractivity contribution in [3.63, 3.8) is 0 Å². The summed E-state index contributed by atoms with van der Waals surface area (Å²) in [5, 5.41) is 6.37. The van der Waals surface area contributed by atoms with Gasteiger partial charge in [0.2, 0.25) is 5.91 Å². The fraction of sp³-hybridized carbons (Fsp3) is 0.923. The topological polar surface area (TPSA) is 44.4 Å². The van der Waals surface area contributed by atoms with Gasteiger partial charge in [-0.2, -0.15) is 0 Å². The fourth-order valence-corrected chi connectivity index (χ4v) is 2.21. The quantitative estimate of drug-likeness (QED) is 0.749. The fourth-order valence-electron chi connectivity index (χ4n) is 2.21. The second kappa shape index (κ2) is 6.97. The van der Waals surface area contributed by atoms with Crippen molar-refractivity contribution in [2.45, 2.75) is 46.2 Å². The maximum atomic E-state index is 12.0. The molecule has 0 aromatic heterocycles. The average Bonchev–Trinajstić information content (AvgIpc) is 2.28. The van der Waals surface area contributed by atoms with Gasteiger partial charge >= 0.3 is 0 Å². The Labute approximate surface area is 105 Å². The number of nitrogens with one attached hydrogen (secondary N) is 2. The molecule has 1 aliphatic heterocycles. The van der Waals surface area contributed by atoms with Gasteiger partial charge in [-0.25, -0.2) is 0 Å². The Morgan fingerprint density at radius 3 is 2.76 bits per heavy atom. The minimum atomic E-state index is -0.0146. The molecule has 0 aliphatic carbocycles. The minimum absolute atomic E-state index is 0.0146. The lowest BCUT2D eigenvalue weighted by molar-refractivity contribution is -0.127. The summed E-state index contributed by atoms with van der Waals surface area (Å²) in [4.78, 5) is 14.3. The lowest BCUT2D eigenvalue weighted by atomic mass is 10.1. The van der Waals surface area contributed by atoms with Crippen LogP contribution in [-0.2, 0) is 4.79 Å². The Kier molecular flexibility index (Phi) is 5.92. The van der Waals surface area contributed by atoms with Gasteiger partial charge in [0.25, 0.3) is 0 Å². The second-order valence-corrected chi connectivity index (χ2v) is 5.44. The predicted octanol–water partition coefficient (Wildman–Crippen LogP) is 0.831. The van der Waals surface area contributed by atoms with Crippen LogP contribution in [0.3, 0.4) is 0 Å². The maximum absolute atomic E-state index is 12.0. The molecule has 0 aromatic carbocycles. The molecular weight excluding hydrogens is 214 g/mol. The van der Waals surface area contributed by atoms with Crippen molar-refractivity contribution in [2.24, 2.45) is 5.92 Å². The van der Waals surface area contributed by atoms with Crippen LogP contribution in [0.2, 0.25) is 0 Å². The molecule has 17 heavy (non-hydrogen) atoms. The monoisotopic (exact) mass is 241 g/mol. The Morgan fingerprint density at radius 1 is 1.47 bits per heavy atom. The number of rotatable bonds is 5. The number of hydrogen-bond acceptors (Lipinski definition) is 3. The molecule has 1 fully saturated rings. The van der Waals surface area contributed by atoms with Gasteiger partial charge in [0.05, 0.1) is 6.04 Å². The van der Waals surface area contributed by atoms with Crippen LogP contribution in [0.5, 0.6) is 0 Å². The highest BCUT2D eigenvalue weighted by Gasteiger charge is 2.27. The number of amides is 1. The van der Waals surface area contributed by atoms with E-state index in [9.17, 15) is 4.79 Å². The van der Waals surface area contributed by atoms with Crippen LogP contribution in [-0.4, -0.2) is 49.1 Å². The average molecular weight is 241 g/mol. The summed E-state index contributed by atoms with van der Waals surface area (Å²) in [6.07, 6.45) is 1.05. The Morgan fingerprint density at radius 2 is 2.18 bits per heavy atom. The van der Waals surface area contributed by atoms with Gasteiger partial charge in [0.15, 0.2) is 0 Å². The van der Waals surface area contributed by atoms with Crippen molar-refractivity contribution < 1.29 is 4.79 Å². The van der Waals surface area contributed by atoms with Crippen molar-refractivity contribution in [3.8, 4) is 0 Å². The van der Waals surface area contributed by atoms with Crippen molar-refractivity contribution in [1.29, 1.82) is 0 Å². The third-order valence-corrected chi connectivity index (χ3v) is 3.45. The molecule has 0 saturated carbocycles. The van der Waals surface area contributed by atoms with E-state index in [0.717, 1.165) is 32.6 Å². The first-order valence-electron chi connectivity index (χ1n) is 6.76. The second-order valence-electron chi connectivity index (χ2n) is 5.44. The summed E-state index contributed by atoms with van der Waals surface area (Å²) >= 11 is 0. The molecule has 0 bridgehead atoms. The van der Waals surface area contributed by atoms with Gasteiger partial charge in [0, 0.05) is 32.2 Å². The Hall–Kier alpha value is -0.610. The van der Waals surface area contributed by atoms with Crippen molar-refractivity contribution in [1.82, 2.24) is 15.5 Å². The van der Waals surface area contributed by atoms with Gasteiger partial charge in [-0.1, -0.05) is 13.8 Å². The summed E-state index contributed by atoms with van der Waals surface area (Å²) in [7, 11) is 0. The molecule has 1 saturated heterocycles. The highest BCUT2D eigenvalue weighted by Crippen LogP contribution is 2.08. The van der Waals surface area contributed by atoms with E-state index in [4.69, 9.17) is 0 Å². The highest BCUT2D eigenvalue weighted by molar-refractivity contribution is 5.81. The third-order valence-electron chi connectivity index (χ3n) is 3.45. The molecule has 2 atom stereocenters. The molecule has 1 rings (SSSR count). The van der Waals surface area contributed by atoms with Crippen LogP contribution in [0.1, 0.15) is 34.1 Å². The molecule has 0 radical (unpaired) electrons. The zero-order chi connectivity index (χ0) is 12.8.